The van der Waals surface area contributed by atoms with Crippen LogP contribution in [0.5, 0.6) is 0 Å². The fraction of sp³-hybridized carbons (Fsp3) is 0.0769. The van der Waals surface area contributed by atoms with Gasteiger partial charge < -0.3 is 5.73 Å². The molecular formula is C13H11ClN2O2S. The molecule has 2 N–H and O–H groups in total. The topological polar surface area (TPSA) is 63.4 Å². The summed E-state index contributed by atoms with van der Waals surface area (Å²) in [5, 5.41) is 0. The van der Waals surface area contributed by atoms with Crippen molar-refractivity contribution in [3.8, 4) is 0 Å². The Labute approximate surface area is 119 Å². The fourth-order valence-corrected chi connectivity index (χ4v) is 2.62. The van der Waals surface area contributed by atoms with Gasteiger partial charge in [-0.25, -0.2) is 4.90 Å². The Balaban J connectivity index is 2.41. The Morgan fingerprint density at radius 3 is 2.53 bits per heavy atom. The molecule has 0 spiro atoms. The van der Waals surface area contributed by atoms with Crippen LogP contribution in [-0.4, -0.2) is 11.8 Å². The number of hydrogen-bond donors (Lipinski definition) is 1. The van der Waals surface area contributed by atoms with Crippen molar-refractivity contribution in [2.45, 2.75) is 6.92 Å². The molecule has 2 aromatic rings. The van der Waals surface area contributed by atoms with Crippen LogP contribution in [0.1, 0.15) is 16.6 Å². The molecule has 0 aliphatic rings. The molecule has 1 heterocycles. The molecule has 4 nitrogen and oxygen atoms in total. The predicted octanol–water partition coefficient (Wildman–Crippen LogP) is 3.18. The molecule has 0 atom stereocenters. The number of hydrogen-bond acceptors (Lipinski definition) is 4. The lowest BCUT2D eigenvalue weighted by molar-refractivity contribution is -0.115. The van der Waals surface area contributed by atoms with Crippen molar-refractivity contribution < 1.29 is 9.59 Å². The van der Waals surface area contributed by atoms with Crippen LogP contribution in [0.2, 0.25) is 4.34 Å². The van der Waals surface area contributed by atoms with Crippen molar-refractivity contribution >= 4 is 46.1 Å². The zero-order chi connectivity index (χ0) is 14.0. The summed E-state index contributed by atoms with van der Waals surface area (Å²) in [5.74, 6) is -0.782. The van der Waals surface area contributed by atoms with E-state index in [9.17, 15) is 9.59 Å². The minimum Gasteiger partial charge on any atom is -0.399 e. The summed E-state index contributed by atoms with van der Waals surface area (Å²) in [4.78, 5) is 25.5. The van der Waals surface area contributed by atoms with Gasteiger partial charge in [-0.05, 0) is 30.3 Å². The van der Waals surface area contributed by atoms with E-state index in [4.69, 9.17) is 17.3 Å². The van der Waals surface area contributed by atoms with Crippen LogP contribution >= 0.6 is 22.9 Å². The molecule has 1 aromatic carbocycles. The summed E-state index contributed by atoms with van der Waals surface area (Å²) in [5.41, 5.74) is 6.60. The Morgan fingerprint density at radius 1 is 1.26 bits per heavy atom. The summed E-state index contributed by atoms with van der Waals surface area (Å²) in [7, 11) is 0. The van der Waals surface area contributed by atoms with Gasteiger partial charge in [0.25, 0.3) is 5.91 Å². The Hall–Kier alpha value is -1.85. The molecule has 0 saturated heterocycles. The average Bonchev–Trinajstić information content (AvgIpc) is 2.75. The first kappa shape index (κ1) is 13.6. The van der Waals surface area contributed by atoms with Gasteiger partial charge in [0.1, 0.15) is 0 Å². The third kappa shape index (κ3) is 2.94. The van der Waals surface area contributed by atoms with Gasteiger partial charge in [-0.3, -0.25) is 9.59 Å². The lowest BCUT2D eigenvalue weighted by Gasteiger charge is -2.18. The number of carbonyl (C=O) groups is 2. The van der Waals surface area contributed by atoms with Crippen LogP contribution in [0.4, 0.5) is 11.4 Å². The van der Waals surface area contributed by atoms with Gasteiger partial charge in [0.2, 0.25) is 5.91 Å². The van der Waals surface area contributed by atoms with E-state index in [1.165, 1.54) is 6.92 Å². The van der Waals surface area contributed by atoms with Crippen LogP contribution < -0.4 is 10.6 Å². The Bertz CT molecular complexity index is 639. The Kier molecular flexibility index (Phi) is 3.87. The number of anilines is 2. The number of halogens is 1. The highest BCUT2D eigenvalue weighted by Crippen LogP contribution is 2.26. The second kappa shape index (κ2) is 5.42. The van der Waals surface area contributed by atoms with Crippen molar-refractivity contribution in [1.29, 1.82) is 0 Å². The average molecular weight is 295 g/mol. The second-order valence-electron chi connectivity index (χ2n) is 3.86. The molecular weight excluding hydrogens is 284 g/mol. The van der Waals surface area contributed by atoms with E-state index in [1.807, 2.05) is 0 Å². The van der Waals surface area contributed by atoms with Gasteiger partial charge in [-0.2, -0.15) is 0 Å². The van der Waals surface area contributed by atoms with Crippen molar-refractivity contribution in [3.63, 3.8) is 0 Å². The molecule has 6 heteroatoms. The zero-order valence-electron chi connectivity index (χ0n) is 10.1. The third-order valence-corrected chi connectivity index (χ3v) is 3.65. The van der Waals surface area contributed by atoms with Crippen LogP contribution in [0.3, 0.4) is 0 Å². The minimum absolute atomic E-state index is 0.375. The molecule has 2 amide bonds. The van der Waals surface area contributed by atoms with E-state index in [-0.39, 0.29) is 5.91 Å². The standard InChI is InChI=1S/C13H11ClN2O2S/c1-8(17)16(10-4-2-3-9(15)7-10)13(18)11-5-6-12(14)19-11/h2-7H,15H2,1H3. The molecule has 98 valence electrons. The molecule has 0 aliphatic carbocycles. The van der Waals surface area contributed by atoms with Gasteiger partial charge >= 0.3 is 0 Å². The highest BCUT2D eigenvalue weighted by atomic mass is 35.5. The fourth-order valence-electron chi connectivity index (χ4n) is 1.65. The minimum atomic E-state index is -0.407. The molecule has 0 fully saturated rings. The lowest BCUT2D eigenvalue weighted by Crippen LogP contribution is -2.34. The monoisotopic (exact) mass is 294 g/mol. The lowest BCUT2D eigenvalue weighted by atomic mass is 10.2. The summed E-state index contributed by atoms with van der Waals surface area (Å²) >= 11 is 6.93. The maximum atomic E-state index is 12.3. The first-order valence-electron chi connectivity index (χ1n) is 5.45. The smallest absolute Gasteiger partial charge is 0.275 e. The quantitative estimate of drug-likeness (QED) is 0.865. The van der Waals surface area contributed by atoms with E-state index in [1.54, 1.807) is 36.4 Å². The number of thiophene rings is 1. The number of nitrogens with zero attached hydrogens (tertiary/aromatic N) is 1. The molecule has 0 bridgehead atoms. The number of nitrogens with two attached hydrogens (primary N) is 1. The van der Waals surface area contributed by atoms with Crippen molar-refractivity contribution in [2.24, 2.45) is 0 Å². The number of rotatable bonds is 2. The van der Waals surface area contributed by atoms with Crippen LogP contribution in [-0.2, 0) is 4.79 Å². The van der Waals surface area contributed by atoms with Gasteiger partial charge in [0, 0.05) is 12.6 Å². The molecule has 0 saturated carbocycles. The van der Waals surface area contributed by atoms with E-state index >= 15 is 0 Å². The van der Waals surface area contributed by atoms with Gasteiger partial charge in [-0.15, -0.1) is 11.3 Å². The second-order valence-corrected chi connectivity index (χ2v) is 5.57. The van der Waals surface area contributed by atoms with Crippen molar-refractivity contribution in [3.05, 3.63) is 45.6 Å². The maximum Gasteiger partial charge on any atom is 0.275 e. The van der Waals surface area contributed by atoms with Crippen LogP contribution in [0.15, 0.2) is 36.4 Å². The van der Waals surface area contributed by atoms with E-state index in [0.29, 0.717) is 20.6 Å². The van der Waals surface area contributed by atoms with Crippen molar-refractivity contribution in [1.82, 2.24) is 0 Å². The number of imide groups is 1. The summed E-state index contributed by atoms with van der Waals surface area (Å²) in [6, 6.07) is 9.83. The van der Waals surface area contributed by atoms with E-state index < -0.39 is 5.91 Å². The maximum absolute atomic E-state index is 12.3. The predicted molar refractivity (Wildman–Crippen MR) is 77.7 cm³/mol. The van der Waals surface area contributed by atoms with E-state index in [2.05, 4.69) is 0 Å². The van der Waals surface area contributed by atoms with E-state index in [0.717, 1.165) is 16.2 Å². The summed E-state index contributed by atoms with van der Waals surface area (Å²) in [6.45, 7) is 1.33. The number of nitrogen functional groups attached to an aromatic ring is 1. The van der Waals surface area contributed by atoms with Crippen LogP contribution in [0.25, 0.3) is 0 Å². The SMILES string of the molecule is CC(=O)N(C(=O)c1ccc(Cl)s1)c1cccc(N)c1. The Morgan fingerprint density at radius 2 is 2.00 bits per heavy atom. The molecule has 2 rings (SSSR count). The van der Waals surface area contributed by atoms with Crippen LogP contribution in [0, 0.1) is 0 Å². The van der Waals surface area contributed by atoms with Gasteiger partial charge in [0.05, 0.1) is 14.9 Å². The zero-order valence-corrected chi connectivity index (χ0v) is 11.7. The highest BCUT2D eigenvalue weighted by Gasteiger charge is 2.23. The highest BCUT2D eigenvalue weighted by molar-refractivity contribution is 7.18. The normalized spacial score (nSPS) is 10.2. The first-order valence-corrected chi connectivity index (χ1v) is 6.64. The first-order chi connectivity index (χ1) is 8.99. The van der Waals surface area contributed by atoms with Crippen molar-refractivity contribution in [2.75, 3.05) is 10.6 Å². The third-order valence-electron chi connectivity index (χ3n) is 2.43. The number of carbonyl (C=O) groups excluding carboxylic acids is 2. The summed E-state index contributed by atoms with van der Waals surface area (Å²) in [6.07, 6.45) is 0. The molecule has 0 radical (unpaired) electrons. The molecule has 1 aromatic heterocycles. The molecule has 19 heavy (non-hydrogen) atoms. The number of amides is 2. The summed E-state index contributed by atoms with van der Waals surface area (Å²) < 4.78 is 0.499. The molecule has 0 unspecified atom stereocenters. The molecule has 0 aliphatic heterocycles. The van der Waals surface area contributed by atoms with Gasteiger partial charge in [0.15, 0.2) is 0 Å². The number of benzene rings is 1. The largest absolute Gasteiger partial charge is 0.399 e. The van der Waals surface area contributed by atoms with Gasteiger partial charge in [-0.1, -0.05) is 17.7 Å².